The van der Waals surface area contributed by atoms with Gasteiger partial charge in [0, 0.05) is 5.69 Å². The molecule has 0 heterocycles. The second-order valence-electron chi connectivity index (χ2n) is 4.45. The number of rotatable bonds is 3. The molecule has 0 atom stereocenters. The summed E-state index contributed by atoms with van der Waals surface area (Å²) in [6, 6.07) is 12.8. The number of nitrogens with two attached hydrogens (primary N) is 1. The normalized spacial score (nSPS) is 10.2. The number of halogens is 1. The van der Waals surface area contributed by atoms with Crippen LogP contribution in [0.5, 0.6) is 0 Å². The van der Waals surface area contributed by atoms with Crippen LogP contribution in [0.4, 0.5) is 11.4 Å². The highest BCUT2D eigenvalue weighted by Crippen LogP contribution is 2.22. The smallest absolute Gasteiger partial charge is 0.228 e. The fourth-order valence-corrected chi connectivity index (χ4v) is 2.09. The van der Waals surface area contributed by atoms with Crippen molar-refractivity contribution < 1.29 is 4.79 Å². The van der Waals surface area contributed by atoms with Crippen molar-refractivity contribution >= 4 is 28.9 Å². The minimum Gasteiger partial charge on any atom is -0.399 e. The third-order valence-electron chi connectivity index (χ3n) is 2.71. The summed E-state index contributed by atoms with van der Waals surface area (Å²) in [4.78, 5) is 11.9. The Labute approximate surface area is 117 Å². The van der Waals surface area contributed by atoms with Gasteiger partial charge in [0.15, 0.2) is 0 Å². The van der Waals surface area contributed by atoms with Crippen molar-refractivity contribution in [2.75, 3.05) is 11.1 Å². The van der Waals surface area contributed by atoms with Crippen LogP contribution in [-0.2, 0) is 11.2 Å². The van der Waals surface area contributed by atoms with E-state index in [1.807, 2.05) is 31.2 Å². The van der Waals surface area contributed by atoms with Crippen molar-refractivity contribution in [3.63, 3.8) is 0 Å². The highest BCUT2D eigenvalue weighted by atomic mass is 35.5. The lowest BCUT2D eigenvalue weighted by Crippen LogP contribution is -2.14. The van der Waals surface area contributed by atoms with Gasteiger partial charge in [-0.15, -0.1) is 0 Å². The summed E-state index contributed by atoms with van der Waals surface area (Å²) >= 11 is 6.07. The summed E-state index contributed by atoms with van der Waals surface area (Å²) in [5, 5.41) is 3.34. The molecule has 98 valence electrons. The molecule has 2 aromatic rings. The molecule has 3 N–H and O–H groups in total. The molecule has 0 bridgehead atoms. The first kappa shape index (κ1) is 13.4. The van der Waals surface area contributed by atoms with Crippen molar-refractivity contribution in [2.24, 2.45) is 0 Å². The van der Waals surface area contributed by atoms with Crippen LogP contribution in [0, 0.1) is 6.92 Å². The van der Waals surface area contributed by atoms with Crippen LogP contribution < -0.4 is 11.1 Å². The summed E-state index contributed by atoms with van der Waals surface area (Å²) in [6.07, 6.45) is 0.273. The highest BCUT2D eigenvalue weighted by Gasteiger charge is 2.07. The standard InChI is InChI=1S/C15H15ClN2O/c1-10-5-6-14(13(16)7-10)18-15(19)9-11-3-2-4-12(17)8-11/h2-8H,9,17H2,1H3,(H,18,19). The van der Waals surface area contributed by atoms with Crippen molar-refractivity contribution in [1.29, 1.82) is 0 Å². The van der Waals surface area contributed by atoms with Gasteiger partial charge in [-0.2, -0.15) is 0 Å². The van der Waals surface area contributed by atoms with Crippen molar-refractivity contribution in [1.82, 2.24) is 0 Å². The number of nitrogens with one attached hydrogen (secondary N) is 1. The summed E-state index contributed by atoms with van der Waals surface area (Å²) in [5.74, 6) is -0.114. The molecule has 19 heavy (non-hydrogen) atoms. The summed E-state index contributed by atoms with van der Waals surface area (Å²) < 4.78 is 0. The minimum absolute atomic E-state index is 0.114. The van der Waals surface area contributed by atoms with Crippen LogP contribution in [0.25, 0.3) is 0 Å². The van der Waals surface area contributed by atoms with Crippen molar-refractivity contribution in [2.45, 2.75) is 13.3 Å². The van der Waals surface area contributed by atoms with Crippen LogP contribution >= 0.6 is 11.6 Å². The maximum atomic E-state index is 11.9. The zero-order valence-corrected chi connectivity index (χ0v) is 11.4. The molecule has 3 nitrogen and oxygen atoms in total. The molecule has 0 saturated carbocycles. The predicted molar refractivity (Wildman–Crippen MR) is 79.4 cm³/mol. The van der Waals surface area contributed by atoms with E-state index >= 15 is 0 Å². The predicted octanol–water partition coefficient (Wildman–Crippen LogP) is 3.41. The molecule has 4 heteroatoms. The van der Waals surface area contributed by atoms with Gasteiger partial charge in [-0.3, -0.25) is 4.79 Å². The zero-order valence-electron chi connectivity index (χ0n) is 10.6. The Hall–Kier alpha value is -2.00. The second-order valence-corrected chi connectivity index (χ2v) is 4.86. The van der Waals surface area contributed by atoms with Gasteiger partial charge in [0.05, 0.1) is 17.1 Å². The van der Waals surface area contributed by atoms with Crippen LogP contribution in [0.1, 0.15) is 11.1 Å². The summed E-state index contributed by atoms with van der Waals surface area (Å²) in [7, 11) is 0. The molecular formula is C15H15ClN2O. The first-order chi connectivity index (χ1) is 9.04. The first-order valence-corrected chi connectivity index (χ1v) is 6.33. The zero-order chi connectivity index (χ0) is 13.8. The highest BCUT2D eigenvalue weighted by molar-refractivity contribution is 6.33. The molecule has 0 aromatic heterocycles. The van der Waals surface area contributed by atoms with E-state index in [2.05, 4.69) is 5.32 Å². The van der Waals surface area contributed by atoms with E-state index in [0.717, 1.165) is 11.1 Å². The second kappa shape index (κ2) is 5.76. The molecule has 2 aromatic carbocycles. The monoisotopic (exact) mass is 274 g/mol. The van der Waals surface area contributed by atoms with Crippen LogP contribution in [0.2, 0.25) is 5.02 Å². The third-order valence-corrected chi connectivity index (χ3v) is 3.03. The number of aryl methyl sites for hydroxylation is 1. The van der Waals surface area contributed by atoms with Gasteiger partial charge >= 0.3 is 0 Å². The number of amides is 1. The molecule has 1 amide bonds. The summed E-state index contributed by atoms with van der Waals surface area (Å²) in [5.41, 5.74) is 8.88. The average molecular weight is 275 g/mol. The number of carbonyl (C=O) groups excluding carboxylic acids is 1. The van der Waals surface area contributed by atoms with Gasteiger partial charge in [-0.1, -0.05) is 29.8 Å². The molecule has 0 unspecified atom stereocenters. The average Bonchev–Trinajstić information content (AvgIpc) is 2.33. The van der Waals surface area contributed by atoms with E-state index in [1.165, 1.54) is 0 Å². The fraction of sp³-hybridized carbons (Fsp3) is 0.133. The topological polar surface area (TPSA) is 55.1 Å². The maximum Gasteiger partial charge on any atom is 0.228 e. The van der Waals surface area contributed by atoms with E-state index in [-0.39, 0.29) is 12.3 Å². The van der Waals surface area contributed by atoms with E-state index in [0.29, 0.717) is 16.4 Å². The Balaban J connectivity index is 2.05. The van der Waals surface area contributed by atoms with E-state index in [1.54, 1.807) is 18.2 Å². The molecule has 0 radical (unpaired) electrons. The molecule has 0 aliphatic carbocycles. The molecule has 0 spiro atoms. The van der Waals surface area contributed by atoms with Gasteiger partial charge in [-0.25, -0.2) is 0 Å². The summed E-state index contributed by atoms with van der Waals surface area (Å²) in [6.45, 7) is 1.95. The van der Waals surface area contributed by atoms with Gasteiger partial charge < -0.3 is 11.1 Å². The molecule has 0 saturated heterocycles. The van der Waals surface area contributed by atoms with Gasteiger partial charge in [0.2, 0.25) is 5.91 Å². The van der Waals surface area contributed by atoms with Crippen molar-refractivity contribution in [3.05, 3.63) is 58.6 Å². The lowest BCUT2D eigenvalue weighted by Gasteiger charge is -2.08. The molecule has 2 rings (SSSR count). The largest absolute Gasteiger partial charge is 0.399 e. The number of nitrogen functional groups attached to an aromatic ring is 1. The van der Waals surface area contributed by atoms with Gasteiger partial charge in [0.25, 0.3) is 0 Å². The Bertz CT molecular complexity index is 611. The SMILES string of the molecule is Cc1ccc(NC(=O)Cc2cccc(N)c2)c(Cl)c1. The fourth-order valence-electron chi connectivity index (χ4n) is 1.80. The van der Waals surface area contributed by atoms with Crippen LogP contribution in [0.3, 0.4) is 0 Å². The quantitative estimate of drug-likeness (QED) is 0.843. The van der Waals surface area contributed by atoms with Gasteiger partial charge in [0.1, 0.15) is 0 Å². The minimum atomic E-state index is -0.114. The maximum absolute atomic E-state index is 11.9. The van der Waals surface area contributed by atoms with E-state index in [9.17, 15) is 4.79 Å². The molecular weight excluding hydrogens is 260 g/mol. The number of hydrogen-bond donors (Lipinski definition) is 2. The molecule has 0 fully saturated rings. The molecule has 0 aliphatic rings. The third kappa shape index (κ3) is 3.73. The van der Waals surface area contributed by atoms with Crippen LogP contribution in [-0.4, -0.2) is 5.91 Å². The number of hydrogen-bond acceptors (Lipinski definition) is 2. The number of carbonyl (C=O) groups is 1. The van der Waals surface area contributed by atoms with Crippen molar-refractivity contribution in [3.8, 4) is 0 Å². The number of anilines is 2. The first-order valence-electron chi connectivity index (χ1n) is 5.95. The Morgan fingerprint density at radius 2 is 2.05 bits per heavy atom. The van der Waals surface area contributed by atoms with E-state index < -0.39 is 0 Å². The Kier molecular flexibility index (Phi) is 4.07. The Morgan fingerprint density at radius 3 is 2.74 bits per heavy atom. The van der Waals surface area contributed by atoms with E-state index in [4.69, 9.17) is 17.3 Å². The van der Waals surface area contributed by atoms with Gasteiger partial charge in [-0.05, 0) is 42.3 Å². The number of benzene rings is 2. The van der Waals surface area contributed by atoms with Crippen LogP contribution in [0.15, 0.2) is 42.5 Å². The Morgan fingerprint density at radius 1 is 1.26 bits per heavy atom. The lowest BCUT2D eigenvalue weighted by molar-refractivity contribution is -0.115. The lowest BCUT2D eigenvalue weighted by atomic mass is 10.1. The molecule has 0 aliphatic heterocycles.